The quantitative estimate of drug-likeness (QED) is 0.734. The SMILES string of the molecule is CNC(=O)CCN(C)S(=O)(=O)c1ccc(C#CCN)cc1. The van der Waals surface area contributed by atoms with Gasteiger partial charge in [-0.2, -0.15) is 0 Å². The Morgan fingerprint density at radius 3 is 2.48 bits per heavy atom. The van der Waals surface area contributed by atoms with Gasteiger partial charge in [0.15, 0.2) is 0 Å². The molecule has 0 spiro atoms. The number of hydrogen-bond donors (Lipinski definition) is 2. The van der Waals surface area contributed by atoms with E-state index >= 15 is 0 Å². The Hall–Kier alpha value is -1.88. The molecule has 0 atom stereocenters. The molecule has 0 aromatic heterocycles. The molecule has 0 aliphatic heterocycles. The molecule has 0 radical (unpaired) electrons. The highest BCUT2D eigenvalue weighted by Gasteiger charge is 2.20. The molecule has 1 rings (SSSR count). The fraction of sp³-hybridized carbons (Fsp3) is 0.357. The van der Waals surface area contributed by atoms with Gasteiger partial charge in [-0.1, -0.05) is 11.8 Å². The maximum Gasteiger partial charge on any atom is 0.242 e. The Morgan fingerprint density at radius 2 is 1.95 bits per heavy atom. The van der Waals surface area contributed by atoms with Gasteiger partial charge in [0.2, 0.25) is 15.9 Å². The number of rotatable bonds is 5. The van der Waals surface area contributed by atoms with E-state index in [-0.39, 0.29) is 30.3 Å². The lowest BCUT2D eigenvalue weighted by Crippen LogP contribution is -2.31. The summed E-state index contributed by atoms with van der Waals surface area (Å²) in [7, 11) is -0.643. The molecule has 0 unspecified atom stereocenters. The second-order valence-electron chi connectivity index (χ2n) is 4.28. The van der Waals surface area contributed by atoms with E-state index in [1.165, 1.54) is 26.2 Å². The van der Waals surface area contributed by atoms with Crippen molar-refractivity contribution < 1.29 is 13.2 Å². The summed E-state index contributed by atoms with van der Waals surface area (Å²) >= 11 is 0. The van der Waals surface area contributed by atoms with Gasteiger partial charge in [0.1, 0.15) is 0 Å². The fourth-order valence-electron chi connectivity index (χ4n) is 1.55. The van der Waals surface area contributed by atoms with Crippen LogP contribution in [0.25, 0.3) is 0 Å². The van der Waals surface area contributed by atoms with Crippen LogP contribution < -0.4 is 11.1 Å². The fourth-order valence-corrected chi connectivity index (χ4v) is 2.72. The number of nitrogens with zero attached hydrogens (tertiary/aromatic N) is 1. The lowest BCUT2D eigenvalue weighted by molar-refractivity contribution is -0.120. The number of hydrogen-bond acceptors (Lipinski definition) is 4. The second-order valence-corrected chi connectivity index (χ2v) is 6.32. The van der Waals surface area contributed by atoms with Gasteiger partial charge < -0.3 is 11.1 Å². The van der Waals surface area contributed by atoms with Crippen molar-refractivity contribution in [2.24, 2.45) is 5.73 Å². The van der Waals surface area contributed by atoms with Crippen molar-refractivity contribution in [2.45, 2.75) is 11.3 Å². The molecule has 3 N–H and O–H groups in total. The molecule has 0 heterocycles. The van der Waals surface area contributed by atoms with Crippen LogP contribution in [-0.4, -0.2) is 45.8 Å². The van der Waals surface area contributed by atoms with Gasteiger partial charge in [0, 0.05) is 32.6 Å². The van der Waals surface area contributed by atoms with Crippen LogP contribution in [0.4, 0.5) is 0 Å². The smallest absolute Gasteiger partial charge is 0.242 e. The van der Waals surface area contributed by atoms with Crippen molar-refractivity contribution in [1.82, 2.24) is 9.62 Å². The van der Waals surface area contributed by atoms with Crippen LogP contribution in [0, 0.1) is 11.8 Å². The van der Waals surface area contributed by atoms with Crippen molar-refractivity contribution in [1.29, 1.82) is 0 Å². The van der Waals surface area contributed by atoms with Gasteiger partial charge >= 0.3 is 0 Å². The molecule has 1 aromatic carbocycles. The van der Waals surface area contributed by atoms with E-state index in [0.29, 0.717) is 5.56 Å². The molecule has 0 saturated carbocycles. The minimum atomic E-state index is -3.60. The molecular formula is C14H19N3O3S. The minimum absolute atomic E-state index is 0.117. The molecule has 1 amide bonds. The van der Waals surface area contributed by atoms with Gasteiger partial charge in [0.05, 0.1) is 11.4 Å². The minimum Gasteiger partial charge on any atom is -0.359 e. The second kappa shape index (κ2) is 7.78. The van der Waals surface area contributed by atoms with Crippen LogP contribution >= 0.6 is 0 Å². The molecule has 6 nitrogen and oxygen atoms in total. The average Bonchev–Trinajstić information content (AvgIpc) is 2.50. The summed E-state index contributed by atoms with van der Waals surface area (Å²) in [6.07, 6.45) is 0.117. The van der Waals surface area contributed by atoms with E-state index in [2.05, 4.69) is 17.2 Å². The number of benzene rings is 1. The van der Waals surface area contributed by atoms with Crippen molar-refractivity contribution in [3.8, 4) is 11.8 Å². The van der Waals surface area contributed by atoms with E-state index in [1.807, 2.05) is 0 Å². The van der Waals surface area contributed by atoms with Crippen LogP contribution in [-0.2, 0) is 14.8 Å². The number of nitrogens with two attached hydrogens (primary N) is 1. The topological polar surface area (TPSA) is 92.5 Å². The van der Waals surface area contributed by atoms with Gasteiger partial charge in [-0.15, -0.1) is 0 Å². The number of nitrogens with one attached hydrogen (secondary N) is 1. The van der Waals surface area contributed by atoms with Crippen molar-refractivity contribution in [3.05, 3.63) is 29.8 Å². The van der Waals surface area contributed by atoms with E-state index in [9.17, 15) is 13.2 Å². The van der Waals surface area contributed by atoms with Crippen molar-refractivity contribution in [3.63, 3.8) is 0 Å². The van der Waals surface area contributed by atoms with Gasteiger partial charge in [-0.25, -0.2) is 12.7 Å². The zero-order chi connectivity index (χ0) is 15.9. The number of sulfonamides is 1. The van der Waals surface area contributed by atoms with E-state index < -0.39 is 10.0 Å². The highest BCUT2D eigenvalue weighted by molar-refractivity contribution is 7.89. The predicted molar refractivity (Wildman–Crippen MR) is 80.9 cm³/mol. The van der Waals surface area contributed by atoms with Crippen LogP contribution in [0.5, 0.6) is 0 Å². The molecule has 0 saturated heterocycles. The zero-order valence-electron chi connectivity index (χ0n) is 12.1. The summed E-state index contributed by atoms with van der Waals surface area (Å²) < 4.78 is 25.7. The highest BCUT2D eigenvalue weighted by atomic mass is 32.2. The van der Waals surface area contributed by atoms with Crippen LogP contribution in [0.3, 0.4) is 0 Å². The predicted octanol–water partition coefficient (Wildman–Crippen LogP) is -0.247. The van der Waals surface area contributed by atoms with Gasteiger partial charge in [0.25, 0.3) is 0 Å². The summed E-state index contributed by atoms with van der Waals surface area (Å²) in [5.41, 5.74) is 5.98. The summed E-state index contributed by atoms with van der Waals surface area (Å²) in [5, 5.41) is 2.45. The van der Waals surface area contributed by atoms with Crippen molar-refractivity contribution in [2.75, 3.05) is 27.2 Å². The molecule has 1 aromatic rings. The Morgan fingerprint density at radius 1 is 1.33 bits per heavy atom. The van der Waals surface area contributed by atoms with Crippen LogP contribution in [0.15, 0.2) is 29.2 Å². The molecular weight excluding hydrogens is 290 g/mol. The molecule has 0 aliphatic rings. The monoisotopic (exact) mass is 309 g/mol. The number of carbonyl (C=O) groups is 1. The Labute approximate surface area is 125 Å². The molecule has 7 heteroatoms. The van der Waals surface area contributed by atoms with Gasteiger partial charge in [-0.05, 0) is 24.3 Å². The molecule has 0 bridgehead atoms. The van der Waals surface area contributed by atoms with Crippen molar-refractivity contribution >= 4 is 15.9 Å². The van der Waals surface area contributed by atoms with Crippen LogP contribution in [0.1, 0.15) is 12.0 Å². The maximum atomic E-state index is 12.3. The summed E-state index contributed by atoms with van der Waals surface area (Å²) in [6.45, 7) is 0.374. The molecule has 0 aliphatic carbocycles. The zero-order valence-corrected chi connectivity index (χ0v) is 12.9. The summed E-state index contributed by atoms with van der Waals surface area (Å²) in [6, 6.07) is 6.24. The Kier molecular flexibility index (Phi) is 6.37. The average molecular weight is 309 g/mol. The lowest BCUT2D eigenvalue weighted by Gasteiger charge is -2.16. The Balaban J connectivity index is 2.84. The summed E-state index contributed by atoms with van der Waals surface area (Å²) in [5.74, 6) is 5.32. The molecule has 114 valence electrons. The first kappa shape index (κ1) is 17.2. The lowest BCUT2D eigenvalue weighted by atomic mass is 10.2. The first-order valence-corrected chi connectivity index (χ1v) is 7.81. The third kappa shape index (κ3) is 4.86. The normalized spacial score (nSPS) is 10.9. The third-order valence-corrected chi connectivity index (χ3v) is 4.70. The van der Waals surface area contributed by atoms with Gasteiger partial charge in [-0.3, -0.25) is 4.79 Å². The van der Waals surface area contributed by atoms with E-state index in [1.54, 1.807) is 12.1 Å². The number of carbonyl (C=O) groups excluding carboxylic acids is 1. The first-order valence-electron chi connectivity index (χ1n) is 6.37. The van der Waals surface area contributed by atoms with E-state index in [4.69, 9.17) is 5.73 Å². The standard InChI is InChI=1S/C14H19N3O3S/c1-16-14(18)9-11-17(2)21(19,20)13-7-5-12(6-8-13)4-3-10-15/h5-8H,9-11,15H2,1-2H3,(H,16,18). The highest BCUT2D eigenvalue weighted by Crippen LogP contribution is 2.15. The molecule has 0 fully saturated rings. The largest absolute Gasteiger partial charge is 0.359 e. The summed E-state index contributed by atoms with van der Waals surface area (Å²) in [4.78, 5) is 11.3. The van der Waals surface area contributed by atoms with Crippen LogP contribution in [0.2, 0.25) is 0 Å². The Bertz CT molecular complexity index is 642. The maximum absolute atomic E-state index is 12.3. The third-order valence-electron chi connectivity index (χ3n) is 2.83. The molecule has 21 heavy (non-hydrogen) atoms. The number of amides is 1. The first-order chi connectivity index (χ1) is 9.91. The van der Waals surface area contributed by atoms with E-state index in [0.717, 1.165) is 4.31 Å².